The molecule has 1 saturated heterocycles. The summed E-state index contributed by atoms with van der Waals surface area (Å²) in [4.78, 5) is 15.0. The molecule has 25 heavy (non-hydrogen) atoms. The fourth-order valence-corrected chi connectivity index (χ4v) is 3.15. The summed E-state index contributed by atoms with van der Waals surface area (Å²) >= 11 is 5.98. The lowest BCUT2D eigenvalue weighted by Crippen LogP contribution is -2.46. The molecular formula is C20H23ClN2O2. The summed E-state index contributed by atoms with van der Waals surface area (Å²) < 4.78 is 5.37. The molecule has 0 radical (unpaired) electrons. The molecule has 4 nitrogen and oxygen atoms in total. The molecule has 1 fully saturated rings. The second-order valence-corrected chi connectivity index (χ2v) is 6.66. The average Bonchev–Trinajstić information content (AvgIpc) is 2.67. The van der Waals surface area contributed by atoms with Crippen molar-refractivity contribution in [2.75, 3.05) is 26.3 Å². The Morgan fingerprint density at radius 2 is 1.68 bits per heavy atom. The van der Waals surface area contributed by atoms with Crippen LogP contribution in [0.15, 0.2) is 54.6 Å². The van der Waals surface area contributed by atoms with E-state index in [1.54, 1.807) is 0 Å². The molecule has 2 aromatic rings. The first kappa shape index (κ1) is 17.9. The highest BCUT2D eigenvalue weighted by Gasteiger charge is 2.28. The SMILES string of the molecule is CC(NC(C(=O)N1CCOCC1)c1ccccc1)c1ccc(Cl)cc1. The Hall–Kier alpha value is -1.88. The standard InChI is InChI=1S/C20H23ClN2O2/c1-15(16-7-9-18(21)10-8-16)22-19(17-5-3-2-4-6-17)20(24)23-11-13-25-14-12-23/h2-10,15,19,22H,11-14H2,1H3. The molecule has 0 saturated carbocycles. The molecule has 1 heterocycles. The number of amides is 1. The number of benzene rings is 2. The fourth-order valence-electron chi connectivity index (χ4n) is 3.02. The molecule has 132 valence electrons. The molecule has 1 amide bonds. The van der Waals surface area contributed by atoms with Crippen LogP contribution in [-0.2, 0) is 9.53 Å². The number of nitrogens with zero attached hydrogens (tertiary/aromatic N) is 1. The number of ether oxygens (including phenoxy) is 1. The quantitative estimate of drug-likeness (QED) is 0.888. The highest BCUT2D eigenvalue weighted by Crippen LogP contribution is 2.23. The normalized spacial score (nSPS) is 17.1. The lowest BCUT2D eigenvalue weighted by atomic mass is 10.0. The lowest BCUT2D eigenvalue weighted by Gasteiger charge is -2.32. The molecule has 1 aliphatic rings. The molecule has 5 heteroatoms. The maximum Gasteiger partial charge on any atom is 0.244 e. The van der Waals surface area contributed by atoms with E-state index in [9.17, 15) is 4.79 Å². The van der Waals surface area contributed by atoms with Gasteiger partial charge in [-0.25, -0.2) is 0 Å². The van der Waals surface area contributed by atoms with Gasteiger partial charge in [0, 0.05) is 24.2 Å². The van der Waals surface area contributed by atoms with E-state index in [4.69, 9.17) is 16.3 Å². The first-order valence-corrected chi connectivity index (χ1v) is 8.96. The second kappa shape index (κ2) is 8.48. The molecule has 2 atom stereocenters. The fraction of sp³-hybridized carbons (Fsp3) is 0.350. The Bertz CT molecular complexity index is 685. The summed E-state index contributed by atoms with van der Waals surface area (Å²) in [6.07, 6.45) is 0. The summed E-state index contributed by atoms with van der Waals surface area (Å²) in [7, 11) is 0. The molecule has 0 bridgehead atoms. The van der Waals surface area contributed by atoms with Crippen molar-refractivity contribution in [3.05, 3.63) is 70.7 Å². The first-order chi connectivity index (χ1) is 12.1. The molecule has 1 N–H and O–H groups in total. The van der Waals surface area contributed by atoms with E-state index in [0.29, 0.717) is 31.3 Å². The smallest absolute Gasteiger partial charge is 0.244 e. The van der Waals surface area contributed by atoms with Crippen LogP contribution in [0.5, 0.6) is 0 Å². The Labute approximate surface area is 153 Å². The van der Waals surface area contributed by atoms with Gasteiger partial charge in [-0.3, -0.25) is 10.1 Å². The highest BCUT2D eigenvalue weighted by molar-refractivity contribution is 6.30. The maximum absolute atomic E-state index is 13.1. The maximum atomic E-state index is 13.1. The predicted octanol–water partition coefficient (Wildman–Crippen LogP) is 3.59. The van der Waals surface area contributed by atoms with Gasteiger partial charge in [-0.1, -0.05) is 54.1 Å². The molecular weight excluding hydrogens is 336 g/mol. The van der Waals surface area contributed by atoms with Crippen molar-refractivity contribution in [2.45, 2.75) is 19.0 Å². The van der Waals surface area contributed by atoms with Crippen molar-refractivity contribution in [2.24, 2.45) is 0 Å². The largest absolute Gasteiger partial charge is 0.378 e. The number of carbonyl (C=O) groups excluding carboxylic acids is 1. The van der Waals surface area contributed by atoms with Crippen molar-refractivity contribution in [3.8, 4) is 0 Å². The van der Waals surface area contributed by atoms with E-state index in [-0.39, 0.29) is 18.0 Å². The Morgan fingerprint density at radius 1 is 1.04 bits per heavy atom. The van der Waals surface area contributed by atoms with Gasteiger partial charge in [-0.15, -0.1) is 0 Å². The molecule has 3 rings (SSSR count). The van der Waals surface area contributed by atoms with Gasteiger partial charge >= 0.3 is 0 Å². The second-order valence-electron chi connectivity index (χ2n) is 6.22. The predicted molar refractivity (Wildman–Crippen MR) is 99.6 cm³/mol. The zero-order valence-electron chi connectivity index (χ0n) is 14.3. The van der Waals surface area contributed by atoms with E-state index in [2.05, 4.69) is 12.2 Å². The number of morpholine rings is 1. The van der Waals surface area contributed by atoms with E-state index >= 15 is 0 Å². The molecule has 0 aliphatic carbocycles. The van der Waals surface area contributed by atoms with Gasteiger partial charge in [0.1, 0.15) is 6.04 Å². The Morgan fingerprint density at radius 3 is 2.32 bits per heavy atom. The lowest BCUT2D eigenvalue weighted by molar-refractivity contribution is -0.138. The third-order valence-corrected chi connectivity index (χ3v) is 4.74. The molecule has 0 spiro atoms. The number of nitrogens with one attached hydrogen (secondary N) is 1. The third kappa shape index (κ3) is 4.60. The number of halogens is 1. The molecule has 1 aliphatic heterocycles. The summed E-state index contributed by atoms with van der Waals surface area (Å²) in [5.74, 6) is 0.0929. The highest BCUT2D eigenvalue weighted by atomic mass is 35.5. The van der Waals surface area contributed by atoms with Gasteiger partial charge in [-0.05, 0) is 30.2 Å². The number of carbonyl (C=O) groups is 1. The summed E-state index contributed by atoms with van der Waals surface area (Å²) in [6, 6.07) is 17.2. The van der Waals surface area contributed by atoms with Gasteiger partial charge in [-0.2, -0.15) is 0 Å². The first-order valence-electron chi connectivity index (χ1n) is 8.58. The minimum atomic E-state index is -0.384. The summed E-state index contributed by atoms with van der Waals surface area (Å²) in [5.41, 5.74) is 2.07. The van der Waals surface area contributed by atoms with Gasteiger partial charge in [0.2, 0.25) is 5.91 Å². The van der Waals surface area contributed by atoms with Crippen LogP contribution in [0.2, 0.25) is 5.02 Å². The van der Waals surface area contributed by atoms with Crippen LogP contribution in [-0.4, -0.2) is 37.1 Å². The average molecular weight is 359 g/mol. The Balaban J connectivity index is 1.80. The monoisotopic (exact) mass is 358 g/mol. The van der Waals surface area contributed by atoms with Crippen LogP contribution in [0.4, 0.5) is 0 Å². The van der Waals surface area contributed by atoms with Crippen LogP contribution in [0, 0.1) is 0 Å². The summed E-state index contributed by atoms with van der Waals surface area (Å²) in [6.45, 7) is 4.53. The van der Waals surface area contributed by atoms with E-state index in [0.717, 1.165) is 11.1 Å². The summed E-state index contributed by atoms with van der Waals surface area (Å²) in [5, 5.41) is 4.20. The molecule has 0 aromatic heterocycles. The van der Waals surface area contributed by atoms with Crippen molar-refractivity contribution in [3.63, 3.8) is 0 Å². The van der Waals surface area contributed by atoms with E-state index in [1.165, 1.54) is 0 Å². The molecule has 2 unspecified atom stereocenters. The van der Waals surface area contributed by atoms with Crippen molar-refractivity contribution >= 4 is 17.5 Å². The van der Waals surface area contributed by atoms with Crippen molar-refractivity contribution < 1.29 is 9.53 Å². The van der Waals surface area contributed by atoms with Gasteiger partial charge in [0.25, 0.3) is 0 Å². The van der Waals surface area contributed by atoms with Crippen LogP contribution in [0.3, 0.4) is 0 Å². The Kier molecular flexibility index (Phi) is 6.08. The zero-order valence-corrected chi connectivity index (χ0v) is 15.1. The number of hydrogen-bond acceptors (Lipinski definition) is 3. The van der Waals surface area contributed by atoms with Crippen LogP contribution in [0.25, 0.3) is 0 Å². The topological polar surface area (TPSA) is 41.6 Å². The minimum absolute atomic E-state index is 0.0208. The van der Waals surface area contributed by atoms with E-state index in [1.807, 2.05) is 59.5 Å². The van der Waals surface area contributed by atoms with Crippen molar-refractivity contribution in [1.82, 2.24) is 10.2 Å². The molecule has 2 aromatic carbocycles. The van der Waals surface area contributed by atoms with Gasteiger partial charge in [0.15, 0.2) is 0 Å². The zero-order chi connectivity index (χ0) is 17.6. The van der Waals surface area contributed by atoms with Gasteiger partial charge in [0.05, 0.1) is 13.2 Å². The van der Waals surface area contributed by atoms with E-state index < -0.39 is 0 Å². The van der Waals surface area contributed by atoms with Crippen LogP contribution in [0.1, 0.15) is 30.1 Å². The van der Waals surface area contributed by atoms with Crippen LogP contribution < -0.4 is 5.32 Å². The minimum Gasteiger partial charge on any atom is -0.378 e. The van der Waals surface area contributed by atoms with Crippen LogP contribution >= 0.6 is 11.6 Å². The van der Waals surface area contributed by atoms with Crippen molar-refractivity contribution in [1.29, 1.82) is 0 Å². The number of hydrogen-bond donors (Lipinski definition) is 1. The van der Waals surface area contributed by atoms with Gasteiger partial charge < -0.3 is 9.64 Å². The number of rotatable bonds is 5. The third-order valence-electron chi connectivity index (χ3n) is 4.49.